The highest BCUT2D eigenvalue weighted by Gasteiger charge is 2.30. The van der Waals surface area contributed by atoms with Crippen LogP contribution in [0.2, 0.25) is 0 Å². The first-order valence-corrected chi connectivity index (χ1v) is 7.69. The molecule has 2 aliphatic rings. The van der Waals surface area contributed by atoms with Crippen LogP contribution in [0.5, 0.6) is 0 Å². The zero-order valence-corrected chi connectivity index (χ0v) is 13.2. The summed E-state index contributed by atoms with van der Waals surface area (Å²) in [7, 11) is 2.03. The van der Waals surface area contributed by atoms with Crippen LogP contribution in [0.4, 0.5) is 0 Å². The highest BCUT2D eigenvalue weighted by Crippen LogP contribution is 2.30. The fourth-order valence-electron chi connectivity index (χ4n) is 3.48. The third-order valence-electron chi connectivity index (χ3n) is 4.98. The number of rotatable bonds is 3. The molecule has 1 amide bonds. The Bertz CT molecular complexity index is 271. The Balaban J connectivity index is 0.00000180. The molecule has 112 valence electrons. The molecule has 1 aliphatic carbocycles. The fourth-order valence-corrected chi connectivity index (χ4v) is 3.48. The Kier molecular flexibility index (Phi) is 7.16. The maximum Gasteiger partial charge on any atom is 0.225 e. The van der Waals surface area contributed by atoms with Crippen molar-refractivity contribution >= 4 is 18.3 Å². The van der Waals surface area contributed by atoms with Gasteiger partial charge in [-0.1, -0.05) is 13.3 Å². The van der Waals surface area contributed by atoms with E-state index in [0.29, 0.717) is 11.9 Å². The Morgan fingerprint density at radius 3 is 2.21 bits per heavy atom. The van der Waals surface area contributed by atoms with Crippen LogP contribution >= 0.6 is 12.4 Å². The zero-order chi connectivity index (χ0) is 13.0. The monoisotopic (exact) mass is 288 g/mol. The summed E-state index contributed by atoms with van der Waals surface area (Å²) < 4.78 is 0. The second-order valence-electron chi connectivity index (χ2n) is 6.06. The average molecular weight is 289 g/mol. The summed E-state index contributed by atoms with van der Waals surface area (Å²) in [6.07, 6.45) is 8.40. The van der Waals surface area contributed by atoms with Gasteiger partial charge in [-0.05, 0) is 57.5 Å². The van der Waals surface area contributed by atoms with E-state index in [0.717, 1.165) is 31.8 Å². The SMILES string of the molecule is CCC1CCC(N(C)C(=O)C2CCNCC2)CC1.Cl. The molecular weight excluding hydrogens is 260 g/mol. The van der Waals surface area contributed by atoms with Gasteiger partial charge < -0.3 is 10.2 Å². The van der Waals surface area contributed by atoms with Crippen LogP contribution in [0, 0.1) is 11.8 Å². The van der Waals surface area contributed by atoms with Crippen LogP contribution in [0.15, 0.2) is 0 Å². The minimum absolute atomic E-state index is 0. The summed E-state index contributed by atoms with van der Waals surface area (Å²) in [5.74, 6) is 1.58. The zero-order valence-electron chi connectivity index (χ0n) is 12.4. The summed E-state index contributed by atoms with van der Waals surface area (Å²) in [5, 5.41) is 3.33. The van der Waals surface area contributed by atoms with Gasteiger partial charge in [0.05, 0.1) is 0 Å². The van der Waals surface area contributed by atoms with Crippen molar-refractivity contribution < 1.29 is 4.79 Å². The van der Waals surface area contributed by atoms with Crippen LogP contribution in [-0.2, 0) is 4.79 Å². The number of halogens is 1. The largest absolute Gasteiger partial charge is 0.343 e. The van der Waals surface area contributed by atoms with Gasteiger partial charge in [-0.15, -0.1) is 12.4 Å². The minimum atomic E-state index is 0. The minimum Gasteiger partial charge on any atom is -0.343 e. The number of nitrogens with one attached hydrogen (secondary N) is 1. The van der Waals surface area contributed by atoms with Crippen LogP contribution in [0.1, 0.15) is 51.9 Å². The Hall–Kier alpha value is -0.280. The van der Waals surface area contributed by atoms with E-state index in [9.17, 15) is 4.79 Å². The van der Waals surface area contributed by atoms with Crippen LogP contribution < -0.4 is 5.32 Å². The Morgan fingerprint density at radius 2 is 1.68 bits per heavy atom. The number of carbonyl (C=O) groups excluding carboxylic acids is 1. The molecule has 0 radical (unpaired) electrons. The van der Waals surface area contributed by atoms with Crippen LogP contribution in [0.25, 0.3) is 0 Å². The van der Waals surface area contributed by atoms with Gasteiger partial charge in [-0.25, -0.2) is 0 Å². The van der Waals surface area contributed by atoms with Crippen molar-refractivity contribution in [3.8, 4) is 0 Å². The molecular formula is C15H29ClN2O. The molecule has 3 nitrogen and oxygen atoms in total. The van der Waals surface area contributed by atoms with Crippen molar-refractivity contribution in [2.24, 2.45) is 11.8 Å². The van der Waals surface area contributed by atoms with Crippen molar-refractivity contribution in [1.82, 2.24) is 10.2 Å². The molecule has 2 fully saturated rings. The molecule has 1 N–H and O–H groups in total. The van der Waals surface area contributed by atoms with Crippen molar-refractivity contribution in [3.63, 3.8) is 0 Å². The molecule has 1 saturated heterocycles. The third kappa shape index (κ3) is 4.35. The number of carbonyl (C=O) groups is 1. The summed E-state index contributed by atoms with van der Waals surface area (Å²) in [4.78, 5) is 14.5. The molecule has 0 aromatic carbocycles. The quantitative estimate of drug-likeness (QED) is 0.866. The number of piperidine rings is 1. The van der Waals surface area contributed by atoms with Gasteiger partial charge >= 0.3 is 0 Å². The molecule has 2 rings (SSSR count). The van der Waals surface area contributed by atoms with Crippen LogP contribution in [0.3, 0.4) is 0 Å². The smallest absolute Gasteiger partial charge is 0.225 e. The molecule has 0 atom stereocenters. The highest BCUT2D eigenvalue weighted by molar-refractivity contribution is 5.85. The molecule has 1 saturated carbocycles. The first-order chi connectivity index (χ1) is 8.72. The second kappa shape index (κ2) is 8.11. The number of hydrogen-bond acceptors (Lipinski definition) is 2. The molecule has 0 aromatic heterocycles. The lowest BCUT2D eigenvalue weighted by Crippen LogP contribution is -2.45. The van der Waals surface area contributed by atoms with Crippen molar-refractivity contribution in [3.05, 3.63) is 0 Å². The lowest BCUT2D eigenvalue weighted by molar-refractivity contribution is -0.137. The number of amides is 1. The maximum atomic E-state index is 12.4. The topological polar surface area (TPSA) is 32.3 Å². The predicted octanol–water partition coefficient (Wildman–Crippen LogP) is 2.84. The summed E-state index contributed by atoms with van der Waals surface area (Å²) in [6.45, 7) is 4.30. The van der Waals surface area contributed by atoms with E-state index in [1.807, 2.05) is 7.05 Å². The summed E-state index contributed by atoms with van der Waals surface area (Å²) in [6, 6.07) is 0.509. The number of nitrogens with zero attached hydrogens (tertiary/aromatic N) is 1. The van der Waals surface area contributed by atoms with E-state index in [-0.39, 0.29) is 18.3 Å². The van der Waals surface area contributed by atoms with Gasteiger partial charge in [0, 0.05) is 19.0 Å². The Labute approximate surface area is 123 Å². The summed E-state index contributed by atoms with van der Waals surface area (Å²) in [5.41, 5.74) is 0. The van der Waals surface area contributed by atoms with Crippen LogP contribution in [-0.4, -0.2) is 37.0 Å². The van der Waals surface area contributed by atoms with E-state index in [1.165, 1.54) is 32.1 Å². The van der Waals surface area contributed by atoms with E-state index < -0.39 is 0 Å². The molecule has 0 unspecified atom stereocenters. The van der Waals surface area contributed by atoms with Gasteiger partial charge in [0.1, 0.15) is 0 Å². The standard InChI is InChI=1S/C15H28N2O.ClH/c1-3-12-4-6-14(7-5-12)17(2)15(18)13-8-10-16-11-9-13;/h12-14,16H,3-11H2,1-2H3;1H. The molecule has 0 spiro atoms. The average Bonchev–Trinajstić information content (AvgIpc) is 2.47. The third-order valence-corrected chi connectivity index (χ3v) is 4.98. The molecule has 1 aliphatic heterocycles. The van der Waals surface area contributed by atoms with E-state index in [2.05, 4.69) is 17.1 Å². The molecule has 0 aromatic rings. The summed E-state index contributed by atoms with van der Waals surface area (Å²) >= 11 is 0. The highest BCUT2D eigenvalue weighted by atomic mass is 35.5. The maximum absolute atomic E-state index is 12.4. The van der Waals surface area contributed by atoms with Crippen molar-refractivity contribution in [2.75, 3.05) is 20.1 Å². The van der Waals surface area contributed by atoms with Gasteiger partial charge in [0.15, 0.2) is 0 Å². The lowest BCUT2D eigenvalue weighted by Gasteiger charge is -2.37. The second-order valence-corrected chi connectivity index (χ2v) is 6.06. The molecule has 19 heavy (non-hydrogen) atoms. The fraction of sp³-hybridized carbons (Fsp3) is 0.933. The predicted molar refractivity (Wildman–Crippen MR) is 81.6 cm³/mol. The first kappa shape index (κ1) is 16.8. The van der Waals surface area contributed by atoms with E-state index in [4.69, 9.17) is 0 Å². The van der Waals surface area contributed by atoms with Gasteiger partial charge in [-0.3, -0.25) is 4.79 Å². The van der Waals surface area contributed by atoms with Gasteiger partial charge in [0.2, 0.25) is 5.91 Å². The lowest BCUT2D eigenvalue weighted by atomic mass is 9.83. The Morgan fingerprint density at radius 1 is 1.11 bits per heavy atom. The van der Waals surface area contributed by atoms with Crippen molar-refractivity contribution in [1.29, 1.82) is 0 Å². The van der Waals surface area contributed by atoms with Crippen molar-refractivity contribution in [2.45, 2.75) is 57.9 Å². The van der Waals surface area contributed by atoms with E-state index >= 15 is 0 Å². The van der Waals surface area contributed by atoms with E-state index in [1.54, 1.807) is 0 Å². The first-order valence-electron chi connectivity index (χ1n) is 7.69. The van der Waals surface area contributed by atoms with Gasteiger partial charge in [0.25, 0.3) is 0 Å². The normalized spacial score (nSPS) is 28.5. The van der Waals surface area contributed by atoms with Gasteiger partial charge in [-0.2, -0.15) is 0 Å². The number of hydrogen-bond donors (Lipinski definition) is 1. The molecule has 1 heterocycles. The molecule has 0 bridgehead atoms. The molecule has 4 heteroatoms.